The summed E-state index contributed by atoms with van der Waals surface area (Å²) in [7, 11) is 0.651. The van der Waals surface area contributed by atoms with E-state index in [1.807, 2.05) is 0 Å². The quantitative estimate of drug-likeness (QED) is 0.144. The van der Waals surface area contributed by atoms with Gasteiger partial charge in [0.1, 0.15) is 0 Å². The molecule has 0 aromatic carbocycles. The molecule has 1 aliphatic heterocycles. The number of hydrogen-bond acceptors (Lipinski definition) is 3. The van der Waals surface area contributed by atoms with Crippen molar-refractivity contribution in [1.82, 2.24) is 5.06 Å². The average molecular weight is 572 g/mol. The monoisotopic (exact) mass is 571 g/mol. The topological polar surface area (TPSA) is 32.7 Å². The van der Waals surface area contributed by atoms with Crippen LogP contribution in [0.5, 0.6) is 0 Å². The van der Waals surface area contributed by atoms with Crippen molar-refractivity contribution >= 4 is 17.6 Å². The molecule has 38 heavy (non-hydrogen) atoms. The summed E-state index contributed by atoms with van der Waals surface area (Å²) in [5.41, 5.74) is 0.164. The van der Waals surface area contributed by atoms with Gasteiger partial charge in [0.2, 0.25) is 0 Å². The molecule has 3 atom stereocenters. The summed E-state index contributed by atoms with van der Waals surface area (Å²) in [6.07, 6.45) is 6.97. The fourth-order valence-corrected chi connectivity index (χ4v) is 11.4. The van der Waals surface area contributed by atoms with Crippen molar-refractivity contribution in [3.8, 4) is 0 Å². The van der Waals surface area contributed by atoms with E-state index in [1.54, 1.807) is 0 Å². The summed E-state index contributed by atoms with van der Waals surface area (Å²) in [5, 5.41) is 12.0. The second kappa shape index (κ2) is 11.0. The van der Waals surface area contributed by atoms with Gasteiger partial charge in [-0.05, 0) is 85.2 Å². The van der Waals surface area contributed by atoms with Crippen molar-refractivity contribution in [2.75, 3.05) is 0 Å². The average Bonchev–Trinajstić information content (AvgIpc) is 2.70. The van der Waals surface area contributed by atoms with E-state index in [0.29, 0.717) is 0 Å². The van der Waals surface area contributed by atoms with E-state index in [0.717, 1.165) is 12.8 Å². The normalized spacial score (nSPS) is 25.1. The second-order valence-electron chi connectivity index (χ2n) is 17.6. The highest BCUT2D eigenvalue weighted by Crippen LogP contribution is 2.71. The molecule has 0 saturated carbocycles. The third-order valence-electron chi connectivity index (χ3n) is 13.7. The molecule has 1 heterocycles. The van der Waals surface area contributed by atoms with Crippen LogP contribution in [-0.4, -0.2) is 35.5 Å². The molecule has 1 saturated heterocycles. The Balaban J connectivity index is 3.43. The highest BCUT2D eigenvalue weighted by molar-refractivity contribution is 7.18. The Kier molecular flexibility index (Phi) is 10.6. The van der Waals surface area contributed by atoms with Gasteiger partial charge in [-0.3, -0.25) is 0 Å². The maximum absolute atomic E-state index is 10.8. The highest BCUT2D eigenvalue weighted by Gasteiger charge is 2.65. The largest absolute Gasteiger partial charge is 0.414 e. The zero-order valence-electron chi connectivity index (χ0n) is 29.2. The van der Waals surface area contributed by atoms with E-state index in [2.05, 4.69) is 133 Å². The van der Waals surface area contributed by atoms with Gasteiger partial charge in [0, 0.05) is 11.6 Å². The Bertz CT molecular complexity index is 790. The molecule has 1 N–H and O–H groups in total. The van der Waals surface area contributed by atoms with Crippen molar-refractivity contribution in [3.05, 3.63) is 0 Å². The van der Waals surface area contributed by atoms with Crippen molar-refractivity contribution in [3.63, 3.8) is 0 Å². The molecule has 1 rings (SSSR count). The third kappa shape index (κ3) is 6.02. The van der Waals surface area contributed by atoms with Crippen LogP contribution in [0.4, 0.5) is 0 Å². The summed E-state index contributed by atoms with van der Waals surface area (Å²) in [6.45, 7) is 43.8. The zero-order valence-corrected chi connectivity index (χ0v) is 31.4. The fraction of sp³-hybridized carbons (Fsp3) is 1.00. The van der Waals surface area contributed by atoms with Crippen LogP contribution in [0.1, 0.15) is 149 Å². The van der Waals surface area contributed by atoms with Crippen LogP contribution in [0.2, 0.25) is 18.1 Å². The Morgan fingerprint density at radius 3 is 1.66 bits per heavy atom. The van der Waals surface area contributed by atoms with Crippen LogP contribution in [0.25, 0.3) is 0 Å². The molecule has 0 aromatic rings. The summed E-state index contributed by atoms with van der Waals surface area (Å²) in [5.74, 6) is 0. The van der Waals surface area contributed by atoms with E-state index in [-0.39, 0.29) is 49.0 Å². The molecule has 0 aromatic heterocycles. The molecular formula is C33H70NO2PSi. The smallest absolute Gasteiger partial charge is 0.193 e. The predicted molar refractivity (Wildman–Crippen MR) is 174 cm³/mol. The molecule has 0 amide bonds. The first-order valence-corrected chi connectivity index (χ1v) is 18.9. The van der Waals surface area contributed by atoms with Crippen molar-refractivity contribution in [2.24, 2.45) is 27.1 Å². The minimum atomic E-state index is -2.23. The maximum atomic E-state index is 10.8. The number of hydrogen-bond donors (Lipinski definition) is 1. The number of nitrogens with zero attached hydrogens (tertiary/aromatic N) is 1. The van der Waals surface area contributed by atoms with Crippen LogP contribution < -0.4 is 0 Å². The lowest BCUT2D eigenvalue weighted by Gasteiger charge is -2.67. The second-order valence-corrected chi connectivity index (χ2v) is 23.4. The van der Waals surface area contributed by atoms with E-state index >= 15 is 0 Å². The van der Waals surface area contributed by atoms with Crippen molar-refractivity contribution < 1.29 is 9.63 Å². The van der Waals surface area contributed by atoms with Crippen LogP contribution in [0.15, 0.2) is 0 Å². The van der Waals surface area contributed by atoms with Gasteiger partial charge in [0.15, 0.2) is 8.32 Å². The SMILES string of the molecule is CCCCCC(C)(C)C(C)(C)C(C)(C)C(C)(C)C(C)(C)C(C)(C)[Si](C)(C)OC1CC(C)(C)N(O)C(C)(P)C1. The standard InChI is InChI=1S/C33H70NO2PSi/c1-19-20-21-22-26(2,3)28(6,7)29(8,9)30(10,11)31(12,13)32(14,15)38(17,18)36-25-23-27(4,5)34(35)33(16,37)24-25/h25,35H,19-24,37H2,1-18H3. The highest BCUT2D eigenvalue weighted by atomic mass is 31.0. The minimum Gasteiger partial charge on any atom is -0.414 e. The van der Waals surface area contributed by atoms with Crippen molar-refractivity contribution in [2.45, 2.75) is 184 Å². The van der Waals surface area contributed by atoms with E-state index in [1.165, 1.54) is 30.7 Å². The van der Waals surface area contributed by atoms with E-state index in [9.17, 15) is 5.21 Å². The minimum absolute atomic E-state index is 0.000973. The maximum Gasteiger partial charge on any atom is 0.193 e. The number of piperidine rings is 1. The van der Waals surface area contributed by atoms with Crippen LogP contribution >= 0.6 is 9.24 Å². The Morgan fingerprint density at radius 2 is 1.24 bits per heavy atom. The van der Waals surface area contributed by atoms with E-state index < -0.39 is 8.32 Å². The van der Waals surface area contributed by atoms with Crippen LogP contribution in [0, 0.1) is 27.1 Å². The molecule has 5 heteroatoms. The number of hydroxylamine groups is 2. The predicted octanol–water partition coefficient (Wildman–Crippen LogP) is 10.9. The molecule has 0 radical (unpaired) electrons. The lowest BCUT2D eigenvalue weighted by Crippen LogP contribution is -2.64. The molecule has 1 fully saturated rings. The number of rotatable bonds is 12. The first-order valence-electron chi connectivity index (χ1n) is 15.5. The van der Waals surface area contributed by atoms with Crippen LogP contribution in [0.3, 0.4) is 0 Å². The van der Waals surface area contributed by atoms with E-state index in [4.69, 9.17) is 4.43 Å². The first kappa shape index (κ1) is 36.6. The van der Waals surface area contributed by atoms with Gasteiger partial charge in [0.05, 0.1) is 5.28 Å². The third-order valence-corrected chi connectivity index (χ3v) is 18.8. The molecule has 0 bridgehead atoms. The Hall–Kier alpha value is 0.527. The van der Waals surface area contributed by atoms with Gasteiger partial charge in [-0.1, -0.05) is 109 Å². The summed E-state index contributed by atoms with van der Waals surface area (Å²) in [6, 6.07) is 0. The fourth-order valence-electron chi connectivity index (χ4n) is 7.67. The molecule has 3 nitrogen and oxygen atoms in total. The lowest BCUT2D eigenvalue weighted by atomic mass is 9.40. The Labute approximate surface area is 243 Å². The summed E-state index contributed by atoms with van der Waals surface area (Å²) >= 11 is 0. The van der Waals surface area contributed by atoms with Gasteiger partial charge in [-0.15, -0.1) is 9.24 Å². The van der Waals surface area contributed by atoms with Gasteiger partial charge in [-0.2, -0.15) is 5.06 Å². The van der Waals surface area contributed by atoms with Gasteiger partial charge in [-0.25, -0.2) is 0 Å². The summed E-state index contributed by atoms with van der Waals surface area (Å²) < 4.78 is 7.26. The number of unbranched alkanes of at least 4 members (excludes halogenated alkanes) is 2. The molecule has 1 aliphatic rings. The molecule has 228 valence electrons. The van der Waals surface area contributed by atoms with Gasteiger partial charge in [0.25, 0.3) is 0 Å². The lowest BCUT2D eigenvalue weighted by molar-refractivity contribution is -0.233. The molecule has 0 aliphatic carbocycles. The first-order chi connectivity index (χ1) is 16.5. The zero-order chi connectivity index (χ0) is 30.6. The summed E-state index contributed by atoms with van der Waals surface area (Å²) in [4.78, 5) is 0. The molecule has 0 spiro atoms. The van der Waals surface area contributed by atoms with Crippen molar-refractivity contribution in [1.29, 1.82) is 0 Å². The molecule has 3 unspecified atom stereocenters. The molecular weight excluding hydrogens is 501 g/mol. The Morgan fingerprint density at radius 1 is 0.789 bits per heavy atom. The van der Waals surface area contributed by atoms with Crippen LogP contribution in [-0.2, 0) is 4.43 Å². The van der Waals surface area contributed by atoms with Gasteiger partial charge < -0.3 is 9.63 Å². The van der Waals surface area contributed by atoms with Gasteiger partial charge >= 0.3 is 0 Å².